The van der Waals surface area contributed by atoms with Crippen LogP contribution in [0, 0.1) is 11.6 Å². The van der Waals surface area contributed by atoms with Crippen molar-refractivity contribution in [2.75, 3.05) is 54.5 Å². The number of rotatable bonds is 10. The number of methoxy groups -OCH3 is 2. The maximum atomic E-state index is 15.4. The van der Waals surface area contributed by atoms with Crippen LogP contribution >= 0.6 is 34.8 Å². The first-order chi connectivity index (χ1) is 29.4. The van der Waals surface area contributed by atoms with Gasteiger partial charge in [0, 0.05) is 73.9 Å². The molecule has 0 unspecified atom stereocenters. The van der Waals surface area contributed by atoms with Gasteiger partial charge in [-0.15, -0.1) is 0 Å². The number of halogens is 5. The van der Waals surface area contributed by atoms with Crippen molar-refractivity contribution in [3.8, 4) is 39.8 Å². The predicted octanol–water partition coefficient (Wildman–Crippen LogP) is 9.49. The molecule has 2 saturated heterocycles. The van der Waals surface area contributed by atoms with Crippen LogP contribution in [0.2, 0.25) is 15.3 Å². The van der Waals surface area contributed by atoms with Crippen LogP contribution < -0.4 is 14.2 Å². The molecule has 2 aliphatic rings. The topological polar surface area (TPSA) is 106 Å². The van der Waals surface area contributed by atoms with Crippen molar-refractivity contribution >= 4 is 34.8 Å². The van der Waals surface area contributed by atoms with E-state index in [0.29, 0.717) is 73.8 Å². The van der Waals surface area contributed by atoms with E-state index < -0.39 is 0 Å². The largest absolute Gasteiger partial charge is 0.496 e. The first-order valence-electron chi connectivity index (χ1n) is 19.6. The van der Waals surface area contributed by atoms with Crippen LogP contribution in [0.25, 0.3) is 22.3 Å². The summed E-state index contributed by atoms with van der Waals surface area (Å²) >= 11 is 17.8. The summed E-state index contributed by atoms with van der Waals surface area (Å²) in [6, 6.07) is 21.4. The summed E-state index contributed by atoms with van der Waals surface area (Å²) in [5, 5.41) is 10.1. The van der Waals surface area contributed by atoms with Crippen LogP contribution in [0.4, 0.5) is 8.78 Å². The Morgan fingerprint density at radius 1 is 0.656 bits per heavy atom. The Labute approximate surface area is 370 Å². The lowest BCUT2D eigenvalue weighted by Crippen LogP contribution is -2.22. The third kappa shape index (κ3) is 12.6. The molecule has 2 aliphatic heterocycles. The number of aliphatic hydroxyl groups excluding tert-OH is 1. The first-order valence-corrected chi connectivity index (χ1v) is 20.8. The van der Waals surface area contributed by atoms with E-state index >= 15 is 8.78 Å². The number of ether oxygens (including phenoxy) is 3. The Balaban J connectivity index is 0.000000179. The van der Waals surface area contributed by atoms with Gasteiger partial charge in [0.05, 0.1) is 31.5 Å². The smallest absolute Gasteiger partial charge is 0.316 e. The number of aliphatic hydroxyl groups is 1. The zero-order chi connectivity index (χ0) is 43.5. The summed E-state index contributed by atoms with van der Waals surface area (Å²) in [4.78, 5) is 20.8. The Morgan fingerprint density at radius 2 is 1.13 bits per heavy atom. The van der Waals surface area contributed by atoms with Gasteiger partial charge in [0.2, 0.25) is 5.28 Å². The van der Waals surface area contributed by atoms with Crippen LogP contribution in [-0.4, -0.2) is 102 Å². The highest BCUT2D eigenvalue weighted by Gasteiger charge is 2.23. The average Bonchev–Trinajstić information content (AvgIpc) is 3.85. The summed E-state index contributed by atoms with van der Waals surface area (Å²) in [6.45, 7) is 3.80. The molecule has 0 saturated carbocycles. The second kappa shape index (κ2) is 21.7. The van der Waals surface area contributed by atoms with E-state index in [1.54, 1.807) is 91.5 Å². The minimum Gasteiger partial charge on any atom is -0.496 e. The molecule has 6 aromatic rings. The molecule has 0 spiro atoms. The van der Waals surface area contributed by atoms with Crippen molar-refractivity contribution < 1.29 is 28.1 Å². The zero-order valence-corrected chi connectivity index (χ0v) is 36.6. The predicted molar refractivity (Wildman–Crippen MR) is 236 cm³/mol. The fourth-order valence-corrected chi connectivity index (χ4v) is 7.54. The second-order valence-electron chi connectivity index (χ2n) is 14.8. The molecule has 61 heavy (non-hydrogen) atoms. The van der Waals surface area contributed by atoms with E-state index in [1.807, 2.05) is 13.1 Å². The molecule has 2 aromatic heterocycles. The quantitative estimate of drug-likeness (QED) is 0.134. The number of likely N-dealkylation sites (N-methyl/N-ethyl adjacent to an activating group) is 2. The molecule has 8 rings (SSSR count). The summed E-state index contributed by atoms with van der Waals surface area (Å²) in [7, 11) is 7.12. The molecular formula is C46H47Cl3F2N6O4. The highest BCUT2D eigenvalue weighted by atomic mass is 35.5. The number of likely N-dealkylation sites (tertiary alicyclic amines) is 2. The molecule has 0 amide bonds. The maximum Gasteiger partial charge on any atom is 0.316 e. The fourth-order valence-electron chi connectivity index (χ4n) is 7.06. The molecule has 15 heteroatoms. The summed E-state index contributed by atoms with van der Waals surface area (Å²) in [5.41, 5.74) is 4.70. The molecule has 4 aromatic carbocycles. The van der Waals surface area contributed by atoms with Gasteiger partial charge in [0.25, 0.3) is 0 Å². The SMILES string of the molecule is CN1CC[C@@H](O)C1.COc1ccc(Cc2cnc(Cl)nc2)c(F)c1-c1cccc(Cl)c1.COc1ccc(Cc2cnc(O[C@@H]3CCN(C)C3)nc2)c(F)c1-c1cccc(Cl)c1. The zero-order valence-electron chi connectivity index (χ0n) is 34.3. The number of hydrogen-bond acceptors (Lipinski definition) is 10. The van der Waals surface area contributed by atoms with E-state index in [9.17, 15) is 0 Å². The van der Waals surface area contributed by atoms with E-state index in [0.717, 1.165) is 50.1 Å². The molecule has 2 fully saturated rings. The average molecular weight is 892 g/mol. The maximum absolute atomic E-state index is 15.4. The van der Waals surface area contributed by atoms with Crippen LogP contribution in [0.5, 0.6) is 17.5 Å². The lowest BCUT2D eigenvalue weighted by atomic mass is 9.98. The lowest BCUT2D eigenvalue weighted by molar-refractivity contribution is 0.182. The molecule has 0 radical (unpaired) electrons. The summed E-state index contributed by atoms with van der Waals surface area (Å²) < 4.78 is 47.1. The number of nitrogens with zero attached hydrogens (tertiary/aromatic N) is 6. The van der Waals surface area contributed by atoms with Gasteiger partial charge in [-0.25, -0.2) is 28.7 Å². The molecule has 2 atom stereocenters. The molecule has 1 N–H and O–H groups in total. The molecule has 0 bridgehead atoms. The third-order valence-corrected chi connectivity index (χ3v) is 10.8. The molecule has 0 aliphatic carbocycles. The van der Waals surface area contributed by atoms with Gasteiger partial charge in [-0.3, -0.25) is 0 Å². The fraction of sp³-hybridized carbons (Fsp3) is 0.304. The summed E-state index contributed by atoms with van der Waals surface area (Å²) in [6.07, 6.45) is 9.21. The van der Waals surface area contributed by atoms with Crippen molar-refractivity contribution in [1.29, 1.82) is 0 Å². The van der Waals surface area contributed by atoms with Crippen molar-refractivity contribution in [3.63, 3.8) is 0 Å². The Bertz CT molecular complexity index is 2370. The van der Waals surface area contributed by atoms with E-state index in [4.69, 9.17) is 54.1 Å². The normalized spacial score (nSPS) is 16.3. The van der Waals surface area contributed by atoms with Crippen LogP contribution in [0.1, 0.15) is 35.1 Å². The Morgan fingerprint density at radius 3 is 1.52 bits per heavy atom. The highest BCUT2D eigenvalue weighted by molar-refractivity contribution is 6.31. The monoisotopic (exact) mass is 890 g/mol. The van der Waals surface area contributed by atoms with Gasteiger partial charge < -0.3 is 29.1 Å². The highest BCUT2D eigenvalue weighted by Crippen LogP contribution is 2.37. The number of benzene rings is 4. The number of β-amino-alcohol motifs (C(OH)–C–C–N with tert-alkyl or cyclic N) is 1. The standard InChI is InChI=1S/C23H23ClFN3O2.C18H13Cl2FN2O.C5H11NO/c1-28-9-8-19(14-28)30-23-26-12-15(13-27-23)10-17-6-7-20(29-2)21(22(17)25)16-4-3-5-18(24)11-16;1-24-15-6-5-13(7-11-9-22-18(20)23-10-11)17(21)16(15)12-3-2-4-14(19)8-12;1-6-3-2-5(7)4-6/h3-7,11-13,19H,8-10,14H2,1-2H3;2-6,8-10H,7H2,1H3;5,7H,2-4H2,1H3/t19-;;5-/m1.1/s1. The van der Waals surface area contributed by atoms with Crippen LogP contribution in [0.15, 0.2) is 97.6 Å². The van der Waals surface area contributed by atoms with Crippen molar-refractivity contribution in [1.82, 2.24) is 29.7 Å². The lowest BCUT2D eigenvalue weighted by Gasteiger charge is -2.14. The van der Waals surface area contributed by atoms with Crippen molar-refractivity contribution in [2.45, 2.75) is 37.9 Å². The van der Waals surface area contributed by atoms with Gasteiger partial charge in [-0.05, 0) is 108 Å². The van der Waals surface area contributed by atoms with Crippen molar-refractivity contribution in [2.24, 2.45) is 0 Å². The van der Waals surface area contributed by atoms with Gasteiger partial charge in [-0.1, -0.05) is 59.6 Å². The van der Waals surface area contributed by atoms with Crippen molar-refractivity contribution in [3.05, 3.63) is 147 Å². The van der Waals surface area contributed by atoms with Gasteiger partial charge in [-0.2, -0.15) is 0 Å². The van der Waals surface area contributed by atoms with Gasteiger partial charge in [0.1, 0.15) is 29.2 Å². The third-order valence-electron chi connectivity index (χ3n) is 10.2. The van der Waals surface area contributed by atoms with E-state index in [2.05, 4.69) is 36.8 Å². The number of hydrogen-bond donors (Lipinski definition) is 1. The van der Waals surface area contributed by atoms with E-state index in [1.165, 1.54) is 14.2 Å². The molecule has 4 heterocycles. The molecular weight excluding hydrogens is 845 g/mol. The minimum absolute atomic E-state index is 0.0509. The number of aromatic nitrogens is 4. The second-order valence-corrected chi connectivity index (χ2v) is 16.0. The van der Waals surface area contributed by atoms with Crippen LogP contribution in [0.3, 0.4) is 0 Å². The van der Waals surface area contributed by atoms with Gasteiger partial charge in [0.15, 0.2) is 0 Å². The van der Waals surface area contributed by atoms with Gasteiger partial charge >= 0.3 is 6.01 Å². The van der Waals surface area contributed by atoms with Crippen LogP contribution in [-0.2, 0) is 12.8 Å². The Hall–Kier alpha value is -4.95. The molecule has 10 nitrogen and oxygen atoms in total. The summed E-state index contributed by atoms with van der Waals surface area (Å²) in [5.74, 6) is 0.212. The molecule has 320 valence electrons. The first kappa shape index (κ1) is 45.6. The Kier molecular flexibility index (Phi) is 16.2. The van der Waals surface area contributed by atoms with E-state index in [-0.39, 0.29) is 29.1 Å². The minimum atomic E-state index is -0.355.